The number of nitrogens with one attached hydrogen (secondary N) is 1. The molecule has 1 amide bonds. The first-order valence-electron chi connectivity index (χ1n) is 10.8. The Morgan fingerprint density at radius 2 is 1.83 bits per heavy atom. The van der Waals surface area contributed by atoms with Crippen molar-refractivity contribution < 1.29 is 22.1 Å². The quantitative estimate of drug-likeness (QED) is 0.384. The van der Waals surface area contributed by atoms with E-state index in [2.05, 4.69) is 15.5 Å². The molecule has 1 N–H and O–H groups in total. The average Bonchev–Trinajstić information content (AvgIpc) is 3.34. The first-order chi connectivity index (χ1) is 16.7. The maximum Gasteiger partial charge on any atom is 0.264 e. The third kappa shape index (κ3) is 5.55. The second-order valence-corrected chi connectivity index (χ2v) is 9.83. The third-order valence-corrected chi connectivity index (χ3v) is 7.14. The van der Waals surface area contributed by atoms with E-state index in [4.69, 9.17) is 4.52 Å². The number of carbonyl (C=O) groups is 1. The van der Waals surface area contributed by atoms with Gasteiger partial charge < -0.3 is 9.84 Å². The molecular weight excluding hydrogens is 471 g/mol. The zero-order valence-electron chi connectivity index (χ0n) is 19.1. The van der Waals surface area contributed by atoms with Crippen LogP contribution in [0.1, 0.15) is 17.9 Å². The van der Waals surface area contributed by atoms with Crippen molar-refractivity contribution in [2.75, 3.05) is 16.7 Å². The van der Waals surface area contributed by atoms with Crippen molar-refractivity contribution in [3.63, 3.8) is 0 Å². The van der Waals surface area contributed by atoms with E-state index in [1.54, 1.807) is 61.5 Å². The van der Waals surface area contributed by atoms with E-state index >= 15 is 0 Å². The van der Waals surface area contributed by atoms with Gasteiger partial charge in [-0.2, -0.15) is 4.98 Å². The topological polar surface area (TPSA) is 105 Å². The van der Waals surface area contributed by atoms with Crippen LogP contribution < -0.4 is 9.62 Å². The molecule has 4 rings (SSSR count). The van der Waals surface area contributed by atoms with E-state index in [1.807, 2.05) is 0 Å². The van der Waals surface area contributed by atoms with Crippen molar-refractivity contribution in [1.82, 2.24) is 10.1 Å². The molecule has 0 saturated heterocycles. The number of carbonyl (C=O) groups excluding carboxylic acids is 1. The van der Waals surface area contributed by atoms with Gasteiger partial charge in [-0.15, -0.1) is 0 Å². The zero-order chi connectivity index (χ0) is 25.0. The SMILES string of the molecule is Cc1ccc(-c2noc(CCC(=O)Nc3cccc(S(=O)(=O)N(C)c4ccccc4)c3)n2)cc1F. The lowest BCUT2D eigenvalue weighted by Crippen LogP contribution is -2.26. The normalized spacial score (nSPS) is 11.3. The number of hydrogen-bond donors (Lipinski definition) is 1. The van der Waals surface area contributed by atoms with Crippen molar-refractivity contribution in [3.05, 3.63) is 90.1 Å². The van der Waals surface area contributed by atoms with Crippen LogP contribution in [0.15, 0.2) is 82.2 Å². The van der Waals surface area contributed by atoms with Crippen molar-refractivity contribution in [1.29, 1.82) is 0 Å². The fourth-order valence-electron chi connectivity index (χ4n) is 3.32. The second-order valence-electron chi connectivity index (χ2n) is 7.86. The van der Waals surface area contributed by atoms with Gasteiger partial charge in [-0.25, -0.2) is 12.8 Å². The molecule has 35 heavy (non-hydrogen) atoms. The number of rotatable bonds is 8. The van der Waals surface area contributed by atoms with Crippen molar-refractivity contribution in [3.8, 4) is 11.4 Å². The first-order valence-corrected chi connectivity index (χ1v) is 12.2. The van der Waals surface area contributed by atoms with E-state index in [9.17, 15) is 17.6 Å². The molecule has 8 nitrogen and oxygen atoms in total. The largest absolute Gasteiger partial charge is 0.339 e. The molecule has 1 aromatic heterocycles. The molecule has 0 atom stereocenters. The van der Waals surface area contributed by atoms with Crippen LogP contribution in [0, 0.1) is 12.7 Å². The van der Waals surface area contributed by atoms with E-state index in [0.717, 1.165) is 0 Å². The van der Waals surface area contributed by atoms with E-state index in [-0.39, 0.29) is 41.2 Å². The molecule has 0 aliphatic carbocycles. The van der Waals surface area contributed by atoms with Gasteiger partial charge in [0.15, 0.2) is 0 Å². The Balaban J connectivity index is 1.39. The number of amides is 1. The summed E-state index contributed by atoms with van der Waals surface area (Å²) in [5, 5.41) is 6.54. The Hall–Kier alpha value is -4.05. The number of benzene rings is 3. The predicted molar refractivity (Wildman–Crippen MR) is 130 cm³/mol. The molecule has 0 unspecified atom stereocenters. The number of nitrogens with zero attached hydrogens (tertiary/aromatic N) is 3. The van der Waals surface area contributed by atoms with Gasteiger partial charge in [0.05, 0.1) is 10.6 Å². The highest BCUT2D eigenvalue weighted by molar-refractivity contribution is 7.92. The predicted octanol–water partition coefficient (Wildman–Crippen LogP) is 4.58. The van der Waals surface area contributed by atoms with Crippen LogP contribution in [0.3, 0.4) is 0 Å². The molecule has 1 heterocycles. The van der Waals surface area contributed by atoms with Gasteiger partial charge in [-0.3, -0.25) is 9.10 Å². The number of para-hydroxylation sites is 1. The second kappa shape index (κ2) is 10.1. The van der Waals surface area contributed by atoms with Crippen LogP contribution >= 0.6 is 0 Å². The van der Waals surface area contributed by atoms with Crippen LogP contribution in [-0.2, 0) is 21.2 Å². The fourth-order valence-corrected chi connectivity index (χ4v) is 4.56. The minimum Gasteiger partial charge on any atom is -0.339 e. The van der Waals surface area contributed by atoms with Gasteiger partial charge in [-0.05, 0) is 48.9 Å². The van der Waals surface area contributed by atoms with Crippen molar-refractivity contribution in [2.45, 2.75) is 24.7 Å². The molecule has 0 saturated carbocycles. The Labute approximate surface area is 202 Å². The Morgan fingerprint density at radius 1 is 1.06 bits per heavy atom. The van der Waals surface area contributed by atoms with Gasteiger partial charge in [0, 0.05) is 31.1 Å². The van der Waals surface area contributed by atoms with Gasteiger partial charge in [0.25, 0.3) is 10.0 Å². The molecular formula is C25H23FN4O4S. The first kappa shape index (κ1) is 24.1. The summed E-state index contributed by atoms with van der Waals surface area (Å²) in [5.74, 6) is -0.249. The highest BCUT2D eigenvalue weighted by atomic mass is 32.2. The molecule has 0 aliphatic rings. The molecule has 4 aromatic rings. The average molecular weight is 495 g/mol. The van der Waals surface area contributed by atoms with Crippen molar-refractivity contribution in [2.24, 2.45) is 0 Å². The smallest absolute Gasteiger partial charge is 0.264 e. The summed E-state index contributed by atoms with van der Waals surface area (Å²) in [6.45, 7) is 1.66. The lowest BCUT2D eigenvalue weighted by Gasteiger charge is -2.19. The highest BCUT2D eigenvalue weighted by Crippen LogP contribution is 2.24. The van der Waals surface area contributed by atoms with Gasteiger partial charge >= 0.3 is 0 Å². The number of sulfonamides is 1. The fraction of sp³-hybridized carbons (Fsp3) is 0.160. The molecule has 0 aliphatic heterocycles. The summed E-state index contributed by atoms with van der Waals surface area (Å²) in [5.41, 5.74) is 1.86. The Kier molecular flexibility index (Phi) is 6.92. The molecule has 10 heteroatoms. The molecule has 0 radical (unpaired) electrons. The third-order valence-electron chi connectivity index (χ3n) is 5.36. The number of anilines is 2. The molecule has 0 spiro atoms. The van der Waals surface area contributed by atoms with Crippen molar-refractivity contribution >= 4 is 27.3 Å². The number of aromatic nitrogens is 2. The van der Waals surface area contributed by atoms with Crippen LogP contribution in [-0.4, -0.2) is 31.5 Å². The van der Waals surface area contributed by atoms with Crippen LogP contribution in [0.25, 0.3) is 11.4 Å². The van der Waals surface area contributed by atoms with Crippen LogP contribution in [0.5, 0.6) is 0 Å². The van der Waals surface area contributed by atoms with Crippen LogP contribution in [0.2, 0.25) is 0 Å². The maximum atomic E-state index is 13.8. The lowest BCUT2D eigenvalue weighted by atomic mass is 10.1. The zero-order valence-corrected chi connectivity index (χ0v) is 19.9. The number of hydrogen-bond acceptors (Lipinski definition) is 6. The summed E-state index contributed by atoms with van der Waals surface area (Å²) < 4.78 is 46.1. The highest BCUT2D eigenvalue weighted by Gasteiger charge is 2.22. The van der Waals surface area contributed by atoms with Gasteiger partial charge in [-0.1, -0.05) is 41.6 Å². The van der Waals surface area contributed by atoms with E-state index in [0.29, 0.717) is 22.5 Å². The lowest BCUT2D eigenvalue weighted by molar-refractivity contribution is -0.116. The summed E-state index contributed by atoms with van der Waals surface area (Å²) in [6, 6.07) is 19.4. The Bertz CT molecular complexity index is 1460. The number of halogens is 1. The van der Waals surface area contributed by atoms with Crippen LogP contribution in [0.4, 0.5) is 15.8 Å². The molecule has 3 aromatic carbocycles. The summed E-state index contributed by atoms with van der Waals surface area (Å²) in [4.78, 5) is 16.7. The molecule has 0 fully saturated rings. The minimum atomic E-state index is -3.81. The molecule has 180 valence electrons. The monoisotopic (exact) mass is 494 g/mol. The maximum absolute atomic E-state index is 13.8. The summed E-state index contributed by atoms with van der Waals surface area (Å²) >= 11 is 0. The Morgan fingerprint density at radius 3 is 2.57 bits per heavy atom. The minimum absolute atomic E-state index is 0.0325. The van der Waals surface area contributed by atoms with E-state index in [1.165, 1.54) is 29.6 Å². The van der Waals surface area contributed by atoms with Gasteiger partial charge in [0.1, 0.15) is 5.82 Å². The molecule has 0 bridgehead atoms. The van der Waals surface area contributed by atoms with Gasteiger partial charge in [0.2, 0.25) is 17.6 Å². The van der Waals surface area contributed by atoms with E-state index < -0.39 is 10.0 Å². The standard InChI is InChI=1S/C25H23FN4O4S/c1-17-11-12-18(15-22(17)26)25-28-24(34-29-25)14-13-23(31)27-19-7-6-10-21(16-19)35(32,33)30(2)20-8-4-3-5-9-20/h3-12,15-16H,13-14H2,1-2H3,(H,27,31). The summed E-state index contributed by atoms with van der Waals surface area (Å²) in [6.07, 6.45) is 0.201. The number of aryl methyl sites for hydroxylation is 2. The summed E-state index contributed by atoms with van der Waals surface area (Å²) in [7, 11) is -2.34.